The highest BCUT2D eigenvalue weighted by Crippen LogP contribution is 2.50. The van der Waals surface area contributed by atoms with Crippen LogP contribution in [0.5, 0.6) is 5.75 Å². The molecule has 0 aliphatic carbocycles. The second-order valence-electron chi connectivity index (χ2n) is 9.34. The Hall–Kier alpha value is -2.69. The van der Waals surface area contributed by atoms with Crippen LogP contribution >= 0.6 is 0 Å². The minimum Gasteiger partial charge on any atom is -0.491 e. The lowest BCUT2D eigenvalue weighted by Gasteiger charge is -2.41. The number of hydrogen-bond donors (Lipinski definition) is 1. The van der Waals surface area contributed by atoms with Gasteiger partial charge >= 0.3 is 0 Å². The number of nitrogens with zero attached hydrogens (tertiary/aromatic N) is 1. The molecule has 1 spiro atoms. The van der Waals surface area contributed by atoms with Gasteiger partial charge in [0, 0.05) is 29.4 Å². The molecule has 0 unspecified atom stereocenters. The minimum absolute atomic E-state index is 0.127. The smallest absolute Gasteiger partial charge is 0.123 e. The lowest BCUT2D eigenvalue weighted by atomic mass is 9.76. The molecular weight excluding hydrogens is 396 g/mol. The first kappa shape index (κ1) is 21.2. The molecule has 0 bridgehead atoms. The van der Waals surface area contributed by atoms with Crippen molar-refractivity contribution in [3.05, 3.63) is 84.2 Å². The van der Waals surface area contributed by atoms with E-state index in [9.17, 15) is 0 Å². The molecule has 2 fully saturated rings. The second kappa shape index (κ2) is 9.05. The summed E-state index contributed by atoms with van der Waals surface area (Å²) in [5, 5.41) is 3.76. The molecule has 1 N–H and O–H groups in total. The summed E-state index contributed by atoms with van der Waals surface area (Å²) in [6.45, 7) is 5.92. The standard InChI is InChI=1S/C28H32N2O2/c1-20(2)32-26-12-11-22(23-10-6-14-29-18-23)16-25(26)24-17-28(31-19-24)13-7-15-30-27(28)21-8-4-3-5-9-21/h3-6,8-12,14,16,18,20,24,27,30H,7,13,15,17,19H2,1-2H3/t24-,27+,28-/m1/s1. The monoisotopic (exact) mass is 428 g/mol. The van der Waals surface area contributed by atoms with E-state index >= 15 is 0 Å². The number of benzene rings is 2. The molecule has 3 atom stereocenters. The van der Waals surface area contributed by atoms with Crippen LogP contribution in [0.1, 0.15) is 56.2 Å². The summed E-state index contributed by atoms with van der Waals surface area (Å²) in [6.07, 6.45) is 7.08. The highest BCUT2D eigenvalue weighted by atomic mass is 16.5. The van der Waals surface area contributed by atoms with Gasteiger partial charge in [-0.2, -0.15) is 0 Å². The quantitative estimate of drug-likeness (QED) is 0.549. The molecule has 4 nitrogen and oxygen atoms in total. The zero-order valence-electron chi connectivity index (χ0n) is 19.0. The van der Waals surface area contributed by atoms with Gasteiger partial charge in [0.05, 0.1) is 24.4 Å². The average Bonchev–Trinajstić information content (AvgIpc) is 3.24. The number of pyridine rings is 1. The molecule has 166 valence electrons. The number of piperidine rings is 1. The Morgan fingerprint density at radius 2 is 1.94 bits per heavy atom. The van der Waals surface area contributed by atoms with Crippen molar-refractivity contribution in [2.45, 2.75) is 56.8 Å². The van der Waals surface area contributed by atoms with Crippen LogP contribution in [0, 0.1) is 0 Å². The zero-order chi connectivity index (χ0) is 22.0. The third-order valence-electron chi connectivity index (χ3n) is 6.76. The fraction of sp³-hybridized carbons (Fsp3) is 0.393. The molecule has 4 heteroatoms. The Morgan fingerprint density at radius 1 is 1.06 bits per heavy atom. The van der Waals surface area contributed by atoms with Crippen molar-refractivity contribution in [3.8, 4) is 16.9 Å². The number of nitrogens with one attached hydrogen (secondary N) is 1. The van der Waals surface area contributed by atoms with E-state index in [4.69, 9.17) is 9.47 Å². The number of ether oxygens (including phenoxy) is 2. The third-order valence-corrected chi connectivity index (χ3v) is 6.76. The fourth-order valence-electron chi connectivity index (χ4n) is 5.35. The lowest BCUT2D eigenvalue weighted by molar-refractivity contribution is -0.0484. The molecule has 2 aliphatic heterocycles. The summed E-state index contributed by atoms with van der Waals surface area (Å²) in [6, 6.07) is 21.6. The van der Waals surface area contributed by atoms with E-state index < -0.39 is 0 Å². The van der Waals surface area contributed by atoms with Gasteiger partial charge in [0.25, 0.3) is 0 Å². The van der Waals surface area contributed by atoms with Gasteiger partial charge in [-0.3, -0.25) is 4.98 Å². The third kappa shape index (κ3) is 4.17. The maximum Gasteiger partial charge on any atom is 0.123 e. The van der Waals surface area contributed by atoms with Gasteiger partial charge in [-0.15, -0.1) is 0 Å². The van der Waals surface area contributed by atoms with Crippen molar-refractivity contribution in [2.75, 3.05) is 13.2 Å². The van der Waals surface area contributed by atoms with Crippen molar-refractivity contribution in [2.24, 2.45) is 0 Å². The van der Waals surface area contributed by atoms with E-state index in [0.717, 1.165) is 43.7 Å². The molecule has 2 aromatic carbocycles. The Balaban J connectivity index is 1.49. The van der Waals surface area contributed by atoms with Gasteiger partial charge in [0.1, 0.15) is 5.75 Å². The van der Waals surface area contributed by atoms with Gasteiger partial charge in [-0.25, -0.2) is 0 Å². The highest BCUT2D eigenvalue weighted by molar-refractivity contribution is 5.65. The normalized spacial score (nSPS) is 25.3. The van der Waals surface area contributed by atoms with E-state index in [1.54, 1.807) is 0 Å². The predicted molar refractivity (Wildman–Crippen MR) is 128 cm³/mol. The first-order chi connectivity index (χ1) is 15.6. The van der Waals surface area contributed by atoms with Crippen LogP contribution in [-0.4, -0.2) is 29.8 Å². The molecule has 0 radical (unpaired) electrons. The molecule has 2 aliphatic rings. The van der Waals surface area contributed by atoms with Crippen molar-refractivity contribution in [3.63, 3.8) is 0 Å². The van der Waals surface area contributed by atoms with Crippen molar-refractivity contribution >= 4 is 0 Å². The summed E-state index contributed by atoms with van der Waals surface area (Å²) in [5.41, 5.74) is 4.68. The zero-order valence-corrected chi connectivity index (χ0v) is 19.0. The summed E-state index contributed by atoms with van der Waals surface area (Å²) in [7, 11) is 0. The van der Waals surface area contributed by atoms with Gasteiger partial charge in [0.15, 0.2) is 0 Å². The van der Waals surface area contributed by atoms with E-state index in [-0.39, 0.29) is 17.7 Å². The summed E-state index contributed by atoms with van der Waals surface area (Å²) >= 11 is 0. The Bertz CT molecular complexity index is 1040. The van der Waals surface area contributed by atoms with E-state index in [1.807, 2.05) is 18.5 Å². The number of rotatable bonds is 5. The van der Waals surface area contributed by atoms with E-state index in [0.29, 0.717) is 5.92 Å². The maximum absolute atomic E-state index is 6.69. The first-order valence-corrected chi connectivity index (χ1v) is 11.8. The molecule has 1 aromatic heterocycles. The van der Waals surface area contributed by atoms with E-state index in [2.05, 4.69) is 78.7 Å². The van der Waals surface area contributed by atoms with Gasteiger partial charge in [-0.05, 0) is 69.0 Å². The Kier molecular flexibility index (Phi) is 5.99. The Morgan fingerprint density at radius 3 is 2.72 bits per heavy atom. The summed E-state index contributed by atoms with van der Waals surface area (Å²) in [5.74, 6) is 1.27. The van der Waals surface area contributed by atoms with Crippen LogP contribution in [-0.2, 0) is 4.74 Å². The largest absolute Gasteiger partial charge is 0.491 e. The van der Waals surface area contributed by atoms with Crippen LogP contribution in [0.2, 0.25) is 0 Å². The lowest BCUT2D eigenvalue weighted by Crippen LogP contribution is -2.48. The van der Waals surface area contributed by atoms with Crippen molar-refractivity contribution < 1.29 is 9.47 Å². The van der Waals surface area contributed by atoms with E-state index in [1.165, 1.54) is 16.7 Å². The van der Waals surface area contributed by atoms with Crippen LogP contribution in [0.25, 0.3) is 11.1 Å². The first-order valence-electron chi connectivity index (χ1n) is 11.8. The van der Waals surface area contributed by atoms with Gasteiger partial charge in [0.2, 0.25) is 0 Å². The SMILES string of the molecule is CC(C)Oc1ccc(-c2cccnc2)cc1[C@H]1CO[C@]2(CCCN[C@H]2c2ccccc2)C1. The second-order valence-corrected chi connectivity index (χ2v) is 9.34. The number of hydrogen-bond acceptors (Lipinski definition) is 4. The maximum atomic E-state index is 6.69. The van der Waals surface area contributed by atoms with Crippen LogP contribution in [0.3, 0.4) is 0 Å². The molecule has 3 heterocycles. The van der Waals surface area contributed by atoms with Crippen LogP contribution in [0.4, 0.5) is 0 Å². The van der Waals surface area contributed by atoms with Gasteiger partial charge in [-0.1, -0.05) is 42.5 Å². The average molecular weight is 429 g/mol. The fourth-order valence-corrected chi connectivity index (χ4v) is 5.35. The predicted octanol–water partition coefficient (Wildman–Crippen LogP) is 5.90. The summed E-state index contributed by atoms with van der Waals surface area (Å²) < 4.78 is 12.9. The van der Waals surface area contributed by atoms with Crippen molar-refractivity contribution in [1.29, 1.82) is 0 Å². The van der Waals surface area contributed by atoms with Gasteiger partial charge < -0.3 is 14.8 Å². The van der Waals surface area contributed by atoms with Crippen LogP contribution < -0.4 is 10.1 Å². The molecule has 2 saturated heterocycles. The molecule has 32 heavy (non-hydrogen) atoms. The topological polar surface area (TPSA) is 43.4 Å². The molecule has 0 saturated carbocycles. The minimum atomic E-state index is -0.177. The molecule has 5 rings (SSSR count). The number of aromatic nitrogens is 1. The molecular formula is C28H32N2O2. The molecule has 0 amide bonds. The summed E-state index contributed by atoms with van der Waals surface area (Å²) in [4.78, 5) is 4.31. The Labute approximate surface area is 191 Å². The molecule has 3 aromatic rings. The van der Waals surface area contributed by atoms with Crippen molar-refractivity contribution in [1.82, 2.24) is 10.3 Å². The highest BCUT2D eigenvalue weighted by Gasteiger charge is 2.49. The van der Waals surface area contributed by atoms with Crippen LogP contribution in [0.15, 0.2) is 73.1 Å².